The third-order valence-electron chi connectivity index (χ3n) is 1.37. The second kappa shape index (κ2) is 7.46. The van der Waals surface area contributed by atoms with Crippen LogP contribution in [0.2, 0.25) is 0 Å². The third kappa shape index (κ3) is 7.91. The predicted molar refractivity (Wildman–Crippen MR) is 53.3 cm³/mol. The van der Waals surface area contributed by atoms with Gasteiger partial charge in [-0.1, -0.05) is 12.2 Å². The minimum atomic E-state index is 0.154. The smallest absolute Gasteiger partial charge is 0.0780 e. The summed E-state index contributed by atoms with van der Waals surface area (Å²) in [4.78, 5) is 0.554. The molecule has 12 heavy (non-hydrogen) atoms. The summed E-state index contributed by atoms with van der Waals surface area (Å²) in [6.45, 7) is 3.30. The highest BCUT2D eigenvalue weighted by molar-refractivity contribution is 7.80. The van der Waals surface area contributed by atoms with Crippen LogP contribution >= 0.6 is 12.2 Å². The van der Waals surface area contributed by atoms with Gasteiger partial charge in [0.05, 0.1) is 17.7 Å². The average molecular weight is 191 g/mol. The second-order valence-electron chi connectivity index (χ2n) is 2.71. The lowest BCUT2D eigenvalue weighted by molar-refractivity contribution is 0.00883. The Balaban J connectivity index is 3.13. The molecule has 3 nitrogen and oxygen atoms in total. The number of hydrogen-bond acceptors (Lipinski definition) is 3. The normalized spacial score (nSPS) is 12.8. The van der Waals surface area contributed by atoms with Crippen LogP contribution in [0.15, 0.2) is 0 Å². The molecule has 0 aromatic heterocycles. The molecule has 72 valence electrons. The highest BCUT2D eigenvalue weighted by Gasteiger charge is 2.00. The Labute approximate surface area is 79.2 Å². The zero-order valence-electron chi connectivity index (χ0n) is 7.71. The summed E-state index contributed by atoms with van der Waals surface area (Å²) in [6, 6.07) is 0. The second-order valence-corrected chi connectivity index (χ2v) is 3.23. The van der Waals surface area contributed by atoms with Crippen LogP contribution in [0, 0.1) is 0 Å². The number of rotatable bonds is 7. The maximum Gasteiger partial charge on any atom is 0.0780 e. The van der Waals surface area contributed by atoms with E-state index in [2.05, 4.69) is 0 Å². The van der Waals surface area contributed by atoms with Crippen molar-refractivity contribution in [2.75, 3.05) is 20.3 Å². The van der Waals surface area contributed by atoms with Gasteiger partial charge in [0.15, 0.2) is 0 Å². The van der Waals surface area contributed by atoms with Gasteiger partial charge in [0, 0.05) is 13.7 Å². The van der Waals surface area contributed by atoms with Crippen molar-refractivity contribution in [2.24, 2.45) is 5.73 Å². The Morgan fingerprint density at radius 2 is 2.25 bits per heavy atom. The lowest BCUT2D eigenvalue weighted by atomic mass is 10.3. The van der Waals surface area contributed by atoms with Gasteiger partial charge in [-0.2, -0.15) is 0 Å². The van der Waals surface area contributed by atoms with Crippen molar-refractivity contribution in [3.63, 3.8) is 0 Å². The van der Waals surface area contributed by atoms with Gasteiger partial charge >= 0.3 is 0 Å². The van der Waals surface area contributed by atoms with E-state index in [0.29, 0.717) is 18.2 Å². The quantitative estimate of drug-likeness (QED) is 0.483. The first kappa shape index (κ1) is 11.8. The minimum absolute atomic E-state index is 0.154. The lowest BCUT2D eigenvalue weighted by Crippen LogP contribution is -2.16. The van der Waals surface area contributed by atoms with E-state index in [1.807, 2.05) is 6.92 Å². The number of methoxy groups -OCH3 is 1. The third-order valence-corrected chi connectivity index (χ3v) is 1.58. The van der Waals surface area contributed by atoms with Crippen LogP contribution in [0.5, 0.6) is 0 Å². The van der Waals surface area contributed by atoms with Gasteiger partial charge in [-0.05, 0) is 19.8 Å². The first-order chi connectivity index (χ1) is 5.66. The van der Waals surface area contributed by atoms with Crippen molar-refractivity contribution in [1.29, 1.82) is 0 Å². The van der Waals surface area contributed by atoms with E-state index in [9.17, 15) is 0 Å². The molecule has 0 radical (unpaired) electrons. The number of hydrogen-bond donors (Lipinski definition) is 1. The van der Waals surface area contributed by atoms with Crippen molar-refractivity contribution in [2.45, 2.75) is 25.9 Å². The predicted octanol–water partition coefficient (Wildman–Crippen LogP) is 1.10. The molecule has 0 saturated heterocycles. The summed E-state index contributed by atoms with van der Waals surface area (Å²) in [6.07, 6.45) is 1.81. The first-order valence-electron chi connectivity index (χ1n) is 4.05. The SMILES string of the molecule is COCC(C)OCCCC(N)=S. The Hall–Kier alpha value is -0.190. The average Bonchev–Trinajstić information content (AvgIpc) is 1.98. The molecule has 0 bridgehead atoms. The summed E-state index contributed by atoms with van der Waals surface area (Å²) >= 11 is 4.72. The van der Waals surface area contributed by atoms with Crippen molar-refractivity contribution >= 4 is 17.2 Å². The van der Waals surface area contributed by atoms with E-state index in [1.54, 1.807) is 7.11 Å². The van der Waals surface area contributed by atoms with Gasteiger partial charge in [-0.15, -0.1) is 0 Å². The van der Waals surface area contributed by atoms with Crippen molar-refractivity contribution in [1.82, 2.24) is 0 Å². The highest BCUT2D eigenvalue weighted by atomic mass is 32.1. The Morgan fingerprint density at radius 3 is 2.75 bits per heavy atom. The fraction of sp³-hybridized carbons (Fsp3) is 0.875. The van der Waals surface area contributed by atoms with Gasteiger partial charge in [0.25, 0.3) is 0 Å². The Bertz CT molecular complexity index is 130. The molecule has 0 aliphatic rings. The standard InChI is InChI=1S/C8H17NO2S/c1-7(6-10-2)11-5-3-4-8(9)12/h7H,3-6H2,1-2H3,(H2,9,12). The molecule has 4 heteroatoms. The van der Waals surface area contributed by atoms with E-state index in [1.165, 1.54) is 0 Å². The molecular formula is C8H17NO2S. The Kier molecular flexibility index (Phi) is 7.34. The van der Waals surface area contributed by atoms with E-state index in [0.717, 1.165) is 12.8 Å². The van der Waals surface area contributed by atoms with Crippen LogP contribution in [0.4, 0.5) is 0 Å². The number of thiocarbonyl (C=S) groups is 1. The van der Waals surface area contributed by atoms with Crippen molar-refractivity contribution in [3.8, 4) is 0 Å². The highest BCUT2D eigenvalue weighted by Crippen LogP contribution is 1.95. The summed E-state index contributed by atoms with van der Waals surface area (Å²) < 4.78 is 10.3. The van der Waals surface area contributed by atoms with Crippen molar-refractivity contribution < 1.29 is 9.47 Å². The molecule has 0 aromatic rings. The molecule has 0 fully saturated rings. The van der Waals surface area contributed by atoms with Gasteiger partial charge in [0.2, 0.25) is 0 Å². The molecule has 0 aromatic carbocycles. The Morgan fingerprint density at radius 1 is 1.58 bits per heavy atom. The van der Waals surface area contributed by atoms with Crippen LogP contribution in [0.1, 0.15) is 19.8 Å². The molecule has 0 aliphatic heterocycles. The van der Waals surface area contributed by atoms with E-state index in [-0.39, 0.29) is 6.10 Å². The number of nitrogens with two attached hydrogens (primary N) is 1. The van der Waals surface area contributed by atoms with Gasteiger partial charge in [-0.3, -0.25) is 0 Å². The molecule has 0 amide bonds. The maximum absolute atomic E-state index is 5.39. The van der Waals surface area contributed by atoms with Crippen LogP contribution in [0.25, 0.3) is 0 Å². The van der Waals surface area contributed by atoms with Gasteiger partial charge < -0.3 is 15.2 Å². The monoisotopic (exact) mass is 191 g/mol. The molecule has 0 spiro atoms. The summed E-state index contributed by atoms with van der Waals surface area (Å²) in [5.74, 6) is 0. The molecule has 0 rings (SSSR count). The number of ether oxygens (including phenoxy) is 2. The molecule has 1 unspecified atom stereocenters. The summed E-state index contributed by atoms with van der Waals surface area (Å²) in [7, 11) is 1.66. The van der Waals surface area contributed by atoms with Crippen LogP contribution in [-0.4, -0.2) is 31.4 Å². The van der Waals surface area contributed by atoms with Crippen molar-refractivity contribution in [3.05, 3.63) is 0 Å². The fourth-order valence-corrected chi connectivity index (χ4v) is 0.958. The van der Waals surface area contributed by atoms with Crippen LogP contribution < -0.4 is 5.73 Å². The maximum atomic E-state index is 5.39. The molecule has 0 saturated carbocycles. The van der Waals surface area contributed by atoms with E-state index >= 15 is 0 Å². The first-order valence-corrected chi connectivity index (χ1v) is 4.46. The fourth-order valence-electron chi connectivity index (χ4n) is 0.814. The summed E-state index contributed by atoms with van der Waals surface area (Å²) in [5, 5.41) is 0. The van der Waals surface area contributed by atoms with Crippen LogP contribution in [0.3, 0.4) is 0 Å². The summed E-state index contributed by atoms with van der Waals surface area (Å²) in [5.41, 5.74) is 5.32. The van der Waals surface area contributed by atoms with E-state index in [4.69, 9.17) is 27.4 Å². The largest absolute Gasteiger partial charge is 0.393 e. The molecular weight excluding hydrogens is 174 g/mol. The molecule has 0 aliphatic carbocycles. The van der Waals surface area contributed by atoms with Gasteiger partial charge in [0.1, 0.15) is 0 Å². The molecule has 1 atom stereocenters. The van der Waals surface area contributed by atoms with Gasteiger partial charge in [-0.25, -0.2) is 0 Å². The van der Waals surface area contributed by atoms with Crippen LogP contribution in [-0.2, 0) is 9.47 Å². The topological polar surface area (TPSA) is 44.5 Å². The lowest BCUT2D eigenvalue weighted by Gasteiger charge is -2.11. The zero-order chi connectivity index (χ0) is 9.40. The van der Waals surface area contributed by atoms with E-state index < -0.39 is 0 Å². The molecule has 0 heterocycles. The molecule has 2 N–H and O–H groups in total. The zero-order valence-corrected chi connectivity index (χ0v) is 8.52. The minimum Gasteiger partial charge on any atom is -0.393 e.